The first kappa shape index (κ1) is 17.2. The summed E-state index contributed by atoms with van der Waals surface area (Å²) in [6, 6.07) is 6.72. The zero-order valence-electron chi connectivity index (χ0n) is 12.7. The molecule has 1 fully saturated rings. The van der Waals surface area contributed by atoms with Crippen molar-refractivity contribution in [1.29, 1.82) is 0 Å². The maximum Gasteiger partial charge on any atom is 0.281 e. The van der Waals surface area contributed by atoms with Crippen LogP contribution in [0.15, 0.2) is 24.3 Å². The third-order valence-electron chi connectivity index (χ3n) is 3.62. The molecule has 8 heteroatoms. The van der Waals surface area contributed by atoms with Crippen molar-refractivity contribution in [3.63, 3.8) is 0 Å². The van der Waals surface area contributed by atoms with Crippen molar-refractivity contribution in [2.24, 2.45) is 0 Å². The number of hydrogen-bond donors (Lipinski definition) is 0. The summed E-state index contributed by atoms with van der Waals surface area (Å²) in [5.74, 6) is -0.0965. The Labute approximate surface area is 136 Å². The van der Waals surface area contributed by atoms with E-state index in [1.165, 1.54) is 22.7 Å². The SMILES string of the molecule is CN(C)S(=O)(=O)N1CCCN(C(=O)c2ccc(Cl)cc2)CC1. The van der Waals surface area contributed by atoms with Gasteiger partial charge in [-0.3, -0.25) is 4.79 Å². The minimum atomic E-state index is -3.43. The fourth-order valence-corrected chi connectivity index (χ4v) is 3.59. The van der Waals surface area contributed by atoms with Gasteiger partial charge in [0, 0.05) is 50.9 Å². The quantitative estimate of drug-likeness (QED) is 0.829. The van der Waals surface area contributed by atoms with Gasteiger partial charge in [-0.05, 0) is 30.7 Å². The zero-order valence-corrected chi connectivity index (χ0v) is 14.3. The summed E-state index contributed by atoms with van der Waals surface area (Å²) < 4.78 is 26.9. The normalized spacial score (nSPS) is 17.5. The monoisotopic (exact) mass is 345 g/mol. The van der Waals surface area contributed by atoms with E-state index in [1.807, 2.05) is 0 Å². The van der Waals surface area contributed by atoms with Crippen LogP contribution >= 0.6 is 11.6 Å². The number of benzene rings is 1. The molecular formula is C14H20ClN3O3S. The minimum absolute atomic E-state index is 0.0965. The first-order valence-corrected chi connectivity index (χ1v) is 8.82. The van der Waals surface area contributed by atoms with Gasteiger partial charge in [-0.15, -0.1) is 0 Å². The smallest absolute Gasteiger partial charge is 0.281 e. The lowest BCUT2D eigenvalue weighted by atomic mass is 10.2. The largest absolute Gasteiger partial charge is 0.337 e. The predicted octanol–water partition coefficient (Wildman–Crippen LogP) is 1.29. The second-order valence-electron chi connectivity index (χ2n) is 5.34. The summed E-state index contributed by atoms with van der Waals surface area (Å²) in [5, 5.41) is 0.579. The van der Waals surface area contributed by atoms with Crippen molar-refractivity contribution in [1.82, 2.24) is 13.5 Å². The molecule has 1 aromatic rings. The lowest BCUT2D eigenvalue weighted by molar-refractivity contribution is 0.0764. The van der Waals surface area contributed by atoms with Gasteiger partial charge in [0.1, 0.15) is 0 Å². The summed E-state index contributed by atoms with van der Waals surface area (Å²) in [4.78, 5) is 14.1. The van der Waals surface area contributed by atoms with Crippen LogP contribution in [0.25, 0.3) is 0 Å². The maximum atomic E-state index is 12.5. The highest BCUT2D eigenvalue weighted by atomic mass is 35.5. The molecule has 1 heterocycles. The van der Waals surface area contributed by atoms with Crippen molar-refractivity contribution < 1.29 is 13.2 Å². The van der Waals surface area contributed by atoms with E-state index in [9.17, 15) is 13.2 Å². The van der Waals surface area contributed by atoms with E-state index in [0.29, 0.717) is 43.2 Å². The van der Waals surface area contributed by atoms with E-state index in [-0.39, 0.29) is 5.91 Å². The van der Waals surface area contributed by atoms with Crippen LogP contribution in [-0.4, -0.2) is 68.1 Å². The number of carbonyl (C=O) groups excluding carboxylic acids is 1. The molecule has 0 aromatic heterocycles. The van der Waals surface area contributed by atoms with Gasteiger partial charge in [0.25, 0.3) is 16.1 Å². The Bertz CT molecular complexity index is 631. The number of halogens is 1. The van der Waals surface area contributed by atoms with Crippen LogP contribution in [0.3, 0.4) is 0 Å². The third kappa shape index (κ3) is 3.78. The van der Waals surface area contributed by atoms with E-state index < -0.39 is 10.2 Å². The van der Waals surface area contributed by atoms with Crippen LogP contribution in [-0.2, 0) is 10.2 Å². The van der Waals surface area contributed by atoms with Gasteiger partial charge in [-0.25, -0.2) is 0 Å². The molecule has 1 aliphatic rings. The van der Waals surface area contributed by atoms with Crippen LogP contribution in [0.4, 0.5) is 0 Å². The lowest BCUT2D eigenvalue weighted by Gasteiger charge is -2.24. The molecule has 0 saturated carbocycles. The Morgan fingerprint density at radius 2 is 1.73 bits per heavy atom. The molecule has 1 aromatic carbocycles. The minimum Gasteiger partial charge on any atom is -0.337 e. The Balaban J connectivity index is 2.07. The van der Waals surface area contributed by atoms with Gasteiger partial charge >= 0.3 is 0 Å². The van der Waals surface area contributed by atoms with E-state index in [4.69, 9.17) is 11.6 Å². The van der Waals surface area contributed by atoms with Crippen molar-refractivity contribution in [3.05, 3.63) is 34.9 Å². The van der Waals surface area contributed by atoms with Crippen LogP contribution in [0.2, 0.25) is 5.02 Å². The molecule has 0 unspecified atom stereocenters. The molecular weight excluding hydrogens is 326 g/mol. The molecule has 0 aliphatic carbocycles. The Morgan fingerprint density at radius 1 is 1.09 bits per heavy atom. The van der Waals surface area contributed by atoms with Gasteiger partial charge < -0.3 is 4.90 Å². The van der Waals surface area contributed by atoms with Crippen molar-refractivity contribution in [3.8, 4) is 0 Å². The summed E-state index contributed by atoms with van der Waals surface area (Å²) in [6.07, 6.45) is 0.617. The first-order chi connectivity index (χ1) is 10.3. The first-order valence-electron chi connectivity index (χ1n) is 7.05. The summed E-state index contributed by atoms with van der Waals surface area (Å²) in [5.41, 5.74) is 0.563. The van der Waals surface area contributed by atoms with Crippen molar-refractivity contribution in [2.75, 3.05) is 40.3 Å². The molecule has 0 N–H and O–H groups in total. The van der Waals surface area contributed by atoms with E-state index >= 15 is 0 Å². The second kappa shape index (κ2) is 6.95. The van der Waals surface area contributed by atoms with E-state index in [1.54, 1.807) is 29.2 Å². The number of rotatable bonds is 3. The molecule has 6 nitrogen and oxygen atoms in total. The van der Waals surface area contributed by atoms with E-state index in [2.05, 4.69) is 0 Å². The van der Waals surface area contributed by atoms with Crippen LogP contribution in [0.5, 0.6) is 0 Å². The van der Waals surface area contributed by atoms with Crippen LogP contribution in [0, 0.1) is 0 Å². The standard InChI is InChI=1S/C14H20ClN3O3S/c1-16(2)22(20,21)18-9-3-8-17(10-11-18)14(19)12-4-6-13(15)7-5-12/h4-7H,3,8-11H2,1-2H3. The highest BCUT2D eigenvalue weighted by Crippen LogP contribution is 2.15. The van der Waals surface area contributed by atoms with Crippen LogP contribution in [0.1, 0.15) is 16.8 Å². The average Bonchev–Trinajstić information content (AvgIpc) is 2.73. The Kier molecular flexibility index (Phi) is 5.44. The fourth-order valence-electron chi connectivity index (χ4n) is 2.33. The Hall–Kier alpha value is -1.15. The molecule has 2 rings (SSSR count). The van der Waals surface area contributed by atoms with Gasteiger partial charge in [-0.2, -0.15) is 17.0 Å². The highest BCUT2D eigenvalue weighted by molar-refractivity contribution is 7.86. The van der Waals surface area contributed by atoms with Gasteiger partial charge in [0.15, 0.2) is 0 Å². The number of hydrogen-bond acceptors (Lipinski definition) is 3. The molecule has 22 heavy (non-hydrogen) atoms. The average molecular weight is 346 g/mol. The highest BCUT2D eigenvalue weighted by Gasteiger charge is 2.28. The van der Waals surface area contributed by atoms with Crippen molar-refractivity contribution in [2.45, 2.75) is 6.42 Å². The molecule has 122 valence electrons. The molecule has 0 atom stereocenters. The number of carbonyl (C=O) groups is 1. The van der Waals surface area contributed by atoms with Gasteiger partial charge in [-0.1, -0.05) is 11.6 Å². The third-order valence-corrected chi connectivity index (χ3v) is 5.81. The Morgan fingerprint density at radius 3 is 2.32 bits per heavy atom. The maximum absolute atomic E-state index is 12.5. The summed E-state index contributed by atoms with van der Waals surface area (Å²) >= 11 is 5.82. The van der Waals surface area contributed by atoms with E-state index in [0.717, 1.165) is 0 Å². The second-order valence-corrected chi connectivity index (χ2v) is 7.92. The zero-order chi connectivity index (χ0) is 16.3. The van der Waals surface area contributed by atoms with Crippen molar-refractivity contribution >= 4 is 27.7 Å². The predicted molar refractivity (Wildman–Crippen MR) is 86.2 cm³/mol. The molecule has 1 saturated heterocycles. The molecule has 1 aliphatic heterocycles. The van der Waals surface area contributed by atoms with Gasteiger partial charge in [0.05, 0.1) is 0 Å². The van der Waals surface area contributed by atoms with Gasteiger partial charge in [0.2, 0.25) is 0 Å². The number of nitrogens with zero attached hydrogens (tertiary/aromatic N) is 3. The molecule has 1 amide bonds. The van der Waals surface area contributed by atoms with Crippen LogP contribution < -0.4 is 0 Å². The number of amides is 1. The molecule has 0 radical (unpaired) electrons. The lowest BCUT2D eigenvalue weighted by Crippen LogP contribution is -2.42. The summed E-state index contributed by atoms with van der Waals surface area (Å²) in [6.45, 7) is 1.65. The topological polar surface area (TPSA) is 60.9 Å². The summed E-state index contributed by atoms with van der Waals surface area (Å²) in [7, 11) is -0.410. The fraction of sp³-hybridized carbons (Fsp3) is 0.500. The molecule has 0 spiro atoms. The molecule has 0 bridgehead atoms.